The van der Waals surface area contributed by atoms with Gasteiger partial charge in [-0.2, -0.15) is 0 Å². The highest BCUT2D eigenvalue weighted by Gasteiger charge is 2.14. The molecule has 2 heterocycles. The van der Waals surface area contributed by atoms with Gasteiger partial charge < -0.3 is 9.15 Å². The molecule has 0 aliphatic rings. The van der Waals surface area contributed by atoms with Crippen molar-refractivity contribution < 1.29 is 9.15 Å². The van der Waals surface area contributed by atoms with Crippen LogP contribution in [0.1, 0.15) is 17.1 Å². The van der Waals surface area contributed by atoms with Crippen molar-refractivity contribution in [2.24, 2.45) is 0 Å². The number of methoxy groups -OCH3 is 1. The quantitative estimate of drug-likeness (QED) is 0.734. The molecule has 1 aromatic carbocycles. The van der Waals surface area contributed by atoms with Gasteiger partial charge in [0.2, 0.25) is 5.89 Å². The molecular formula is C13H12N4O2S. The lowest BCUT2D eigenvalue weighted by molar-refractivity contribution is 0.414. The van der Waals surface area contributed by atoms with Gasteiger partial charge in [0.05, 0.1) is 19.2 Å². The molecule has 3 aromatic rings. The summed E-state index contributed by atoms with van der Waals surface area (Å²) in [7, 11) is 1.64. The summed E-state index contributed by atoms with van der Waals surface area (Å²) in [5, 5.41) is 12.0. The van der Waals surface area contributed by atoms with Gasteiger partial charge in [-0.05, 0) is 36.2 Å². The molecule has 0 fully saturated rings. The van der Waals surface area contributed by atoms with E-state index in [9.17, 15) is 0 Å². The molecule has 6 nitrogen and oxygen atoms in total. The number of hydrogen-bond donors (Lipinski definition) is 0. The fraction of sp³-hybridized carbons (Fsp3) is 0.231. The normalized spacial score (nSPS) is 10.7. The molecule has 0 unspecified atom stereocenters. The SMILES string of the molecule is COc1cccc(Cc2nnc(-c3snnc3C)o2)c1. The van der Waals surface area contributed by atoms with Gasteiger partial charge in [0, 0.05) is 0 Å². The van der Waals surface area contributed by atoms with Crippen molar-refractivity contribution in [3.63, 3.8) is 0 Å². The average molecular weight is 288 g/mol. The molecule has 0 saturated heterocycles. The average Bonchev–Trinajstić information content (AvgIpc) is 3.08. The molecule has 0 saturated carbocycles. The van der Waals surface area contributed by atoms with Gasteiger partial charge in [-0.1, -0.05) is 16.6 Å². The summed E-state index contributed by atoms with van der Waals surface area (Å²) in [5.41, 5.74) is 1.85. The summed E-state index contributed by atoms with van der Waals surface area (Å²) in [5.74, 6) is 1.83. The Morgan fingerprint density at radius 2 is 2.15 bits per heavy atom. The van der Waals surface area contributed by atoms with Crippen LogP contribution in [-0.4, -0.2) is 26.9 Å². The van der Waals surface area contributed by atoms with Crippen LogP contribution in [0.4, 0.5) is 0 Å². The van der Waals surface area contributed by atoms with Crippen molar-refractivity contribution >= 4 is 11.5 Å². The molecule has 3 rings (SSSR count). The van der Waals surface area contributed by atoms with Crippen LogP contribution >= 0.6 is 11.5 Å². The van der Waals surface area contributed by atoms with E-state index in [1.54, 1.807) is 7.11 Å². The number of aryl methyl sites for hydroxylation is 1. The van der Waals surface area contributed by atoms with E-state index >= 15 is 0 Å². The first kappa shape index (κ1) is 12.7. The number of ether oxygens (including phenoxy) is 1. The second-order valence-corrected chi connectivity index (χ2v) is 4.97. The van der Waals surface area contributed by atoms with Crippen molar-refractivity contribution in [3.8, 4) is 16.5 Å². The summed E-state index contributed by atoms with van der Waals surface area (Å²) in [6, 6.07) is 7.77. The van der Waals surface area contributed by atoms with E-state index < -0.39 is 0 Å². The monoisotopic (exact) mass is 288 g/mol. The van der Waals surface area contributed by atoms with Crippen LogP contribution in [0, 0.1) is 6.92 Å². The van der Waals surface area contributed by atoms with E-state index in [2.05, 4.69) is 19.8 Å². The molecule has 2 aromatic heterocycles. The maximum absolute atomic E-state index is 5.65. The lowest BCUT2D eigenvalue weighted by atomic mass is 10.1. The van der Waals surface area contributed by atoms with Gasteiger partial charge >= 0.3 is 0 Å². The maximum Gasteiger partial charge on any atom is 0.261 e. The molecule has 0 aliphatic carbocycles. The molecule has 0 bridgehead atoms. The summed E-state index contributed by atoms with van der Waals surface area (Å²) < 4.78 is 14.7. The summed E-state index contributed by atoms with van der Waals surface area (Å²) in [6.45, 7) is 1.87. The Bertz CT molecular complexity index is 722. The zero-order chi connectivity index (χ0) is 13.9. The number of benzene rings is 1. The van der Waals surface area contributed by atoms with E-state index in [1.165, 1.54) is 11.5 Å². The second-order valence-electron chi connectivity index (χ2n) is 4.22. The molecule has 0 radical (unpaired) electrons. The molecule has 0 atom stereocenters. The zero-order valence-electron chi connectivity index (χ0n) is 11.0. The first-order chi connectivity index (χ1) is 9.76. The highest BCUT2D eigenvalue weighted by Crippen LogP contribution is 2.25. The number of nitrogens with zero attached hydrogens (tertiary/aromatic N) is 4. The van der Waals surface area contributed by atoms with Crippen LogP contribution in [0.25, 0.3) is 10.8 Å². The lowest BCUT2D eigenvalue weighted by Gasteiger charge is -2.01. The maximum atomic E-state index is 5.65. The Hall–Kier alpha value is -2.28. The first-order valence-electron chi connectivity index (χ1n) is 6.01. The summed E-state index contributed by atoms with van der Waals surface area (Å²) in [4.78, 5) is 0.814. The Kier molecular flexibility index (Phi) is 3.42. The van der Waals surface area contributed by atoms with Crippen LogP contribution in [0.3, 0.4) is 0 Å². The van der Waals surface area contributed by atoms with Crippen LogP contribution < -0.4 is 4.74 Å². The third kappa shape index (κ3) is 2.53. The Morgan fingerprint density at radius 1 is 1.25 bits per heavy atom. The van der Waals surface area contributed by atoms with Crippen LogP contribution in [0.2, 0.25) is 0 Å². The fourth-order valence-corrected chi connectivity index (χ4v) is 2.38. The molecule has 102 valence electrons. The van der Waals surface area contributed by atoms with Crippen molar-refractivity contribution in [1.29, 1.82) is 0 Å². The highest BCUT2D eigenvalue weighted by molar-refractivity contribution is 7.09. The largest absolute Gasteiger partial charge is 0.497 e. The zero-order valence-corrected chi connectivity index (χ0v) is 11.8. The molecule has 0 spiro atoms. The molecule has 20 heavy (non-hydrogen) atoms. The van der Waals surface area contributed by atoms with E-state index in [0.717, 1.165) is 21.9 Å². The highest BCUT2D eigenvalue weighted by atomic mass is 32.1. The molecule has 0 N–H and O–H groups in total. The van der Waals surface area contributed by atoms with Crippen molar-refractivity contribution in [2.45, 2.75) is 13.3 Å². The summed E-state index contributed by atoms with van der Waals surface area (Å²) in [6.07, 6.45) is 0.565. The standard InChI is InChI=1S/C13H12N4O2S/c1-8-12(20-17-14-8)13-16-15-11(19-13)7-9-4-3-5-10(6-9)18-2/h3-6H,7H2,1-2H3. The Labute approximate surface area is 119 Å². The van der Waals surface area contributed by atoms with Crippen molar-refractivity contribution in [2.75, 3.05) is 7.11 Å². The smallest absolute Gasteiger partial charge is 0.261 e. The van der Waals surface area contributed by atoms with Gasteiger partial charge in [-0.15, -0.1) is 15.3 Å². The molecule has 7 heteroatoms. The third-order valence-corrected chi connectivity index (χ3v) is 3.62. The van der Waals surface area contributed by atoms with Crippen LogP contribution in [-0.2, 0) is 6.42 Å². The molecular weight excluding hydrogens is 276 g/mol. The predicted octanol–water partition coefficient (Wildman–Crippen LogP) is 2.50. The van der Waals surface area contributed by atoms with E-state index in [4.69, 9.17) is 9.15 Å². The Morgan fingerprint density at radius 3 is 2.90 bits per heavy atom. The second kappa shape index (κ2) is 5.38. The minimum Gasteiger partial charge on any atom is -0.497 e. The van der Waals surface area contributed by atoms with Gasteiger partial charge in [-0.25, -0.2) is 0 Å². The van der Waals surface area contributed by atoms with Gasteiger partial charge in [0.1, 0.15) is 10.6 Å². The molecule has 0 aliphatic heterocycles. The van der Waals surface area contributed by atoms with Crippen molar-refractivity contribution in [3.05, 3.63) is 41.4 Å². The van der Waals surface area contributed by atoms with Gasteiger partial charge in [0.15, 0.2) is 0 Å². The third-order valence-electron chi connectivity index (χ3n) is 2.80. The number of aromatic nitrogens is 4. The minimum atomic E-state index is 0.468. The topological polar surface area (TPSA) is 73.9 Å². The van der Waals surface area contributed by atoms with Crippen molar-refractivity contribution in [1.82, 2.24) is 19.8 Å². The predicted molar refractivity (Wildman–Crippen MR) is 73.7 cm³/mol. The lowest BCUT2D eigenvalue weighted by Crippen LogP contribution is -1.90. The summed E-state index contributed by atoms with van der Waals surface area (Å²) >= 11 is 1.25. The minimum absolute atomic E-state index is 0.468. The van der Waals surface area contributed by atoms with Gasteiger partial charge in [-0.3, -0.25) is 0 Å². The van der Waals surface area contributed by atoms with E-state index in [0.29, 0.717) is 18.2 Å². The Balaban J connectivity index is 1.82. The van der Waals surface area contributed by atoms with Gasteiger partial charge in [0.25, 0.3) is 5.89 Å². The fourth-order valence-electron chi connectivity index (χ4n) is 1.80. The van der Waals surface area contributed by atoms with E-state index in [1.807, 2.05) is 31.2 Å². The molecule has 0 amide bonds. The first-order valence-corrected chi connectivity index (χ1v) is 6.78. The number of rotatable bonds is 4. The van der Waals surface area contributed by atoms with Crippen LogP contribution in [0.15, 0.2) is 28.7 Å². The number of hydrogen-bond acceptors (Lipinski definition) is 7. The van der Waals surface area contributed by atoms with Crippen LogP contribution in [0.5, 0.6) is 5.75 Å². The van der Waals surface area contributed by atoms with E-state index in [-0.39, 0.29) is 0 Å².